The molecule has 1 heterocycles. The van der Waals surface area contributed by atoms with Crippen molar-refractivity contribution in [3.63, 3.8) is 0 Å². The van der Waals surface area contributed by atoms with Crippen LogP contribution in [0.2, 0.25) is 0 Å². The molecule has 0 atom stereocenters. The third-order valence-corrected chi connectivity index (χ3v) is 4.20. The smallest absolute Gasteiger partial charge is 0.227 e. The summed E-state index contributed by atoms with van der Waals surface area (Å²) in [4.78, 5) is 16.4. The zero-order valence-electron chi connectivity index (χ0n) is 13.5. The highest BCUT2D eigenvalue weighted by atomic mass is 79.9. The van der Waals surface area contributed by atoms with Crippen molar-refractivity contribution in [2.24, 2.45) is 0 Å². The van der Waals surface area contributed by atoms with Gasteiger partial charge in [0.2, 0.25) is 17.6 Å². The van der Waals surface area contributed by atoms with Crippen molar-refractivity contribution < 1.29 is 14.1 Å². The van der Waals surface area contributed by atoms with Gasteiger partial charge < -0.3 is 14.6 Å². The fourth-order valence-electron chi connectivity index (χ4n) is 2.23. The minimum absolute atomic E-state index is 0.118. The molecular formula is C18H16BrN3O3. The van der Waals surface area contributed by atoms with Crippen LogP contribution in [0.15, 0.2) is 57.5 Å². The zero-order valence-corrected chi connectivity index (χ0v) is 15.1. The van der Waals surface area contributed by atoms with Crippen LogP contribution in [0.5, 0.6) is 5.75 Å². The molecular weight excluding hydrogens is 386 g/mol. The van der Waals surface area contributed by atoms with Gasteiger partial charge in [-0.15, -0.1) is 0 Å². The average Bonchev–Trinajstić information content (AvgIpc) is 3.11. The Kier molecular flexibility index (Phi) is 5.45. The molecule has 1 N–H and O–H groups in total. The summed E-state index contributed by atoms with van der Waals surface area (Å²) >= 11 is 3.40. The molecule has 3 aromatic rings. The van der Waals surface area contributed by atoms with E-state index >= 15 is 0 Å². The number of para-hydroxylation sites is 1. The van der Waals surface area contributed by atoms with Crippen molar-refractivity contribution in [2.45, 2.75) is 12.8 Å². The van der Waals surface area contributed by atoms with Gasteiger partial charge in [0.15, 0.2) is 0 Å². The Morgan fingerprint density at radius 3 is 2.88 bits per heavy atom. The van der Waals surface area contributed by atoms with Crippen molar-refractivity contribution in [1.29, 1.82) is 0 Å². The van der Waals surface area contributed by atoms with Crippen molar-refractivity contribution in [1.82, 2.24) is 10.1 Å². The van der Waals surface area contributed by atoms with E-state index in [0.717, 1.165) is 21.5 Å². The van der Waals surface area contributed by atoms with Crippen molar-refractivity contribution in [3.05, 3.63) is 58.9 Å². The Bertz CT molecular complexity index is 879. The number of hydrogen-bond donors (Lipinski definition) is 1. The maximum Gasteiger partial charge on any atom is 0.227 e. The van der Waals surface area contributed by atoms with Gasteiger partial charge in [-0.3, -0.25) is 4.79 Å². The predicted molar refractivity (Wildman–Crippen MR) is 97.4 cm³/mol. The van der Waals surface area contributed by atoms with Gasteiger partial charge in [0.25, 0.3) is 0 Å². The molecule has 0 fully saturated rings. The summed E-state index contributed by atoms with van der Waals surface area (Å²) in [5, 5.41) is 6.80. The van der Waals surface area contributed by atoms with Gasteiger partial charge in [-0.05, 0) is 40.2 Å². The number of nitrogens with one attached hydrogen (secondary N) is 1. The predicted octanol–water partition coefficient (Wildman–Crippen LogP) is 4.08. The standard InChI is InChI=1S/C18H16BrN3O3/c1-24-13-6-4-5-12(11-13)18-21-17(25-22-18)10-9-16(23)20-15-8-3-2-7-14(15)19/h2-8,11H,9-10H2,1H3,(H,20,23). The Morgan fingerprint density at radius 2 is 2.08 bits per heavy atom. The first-order chi connectivity index (χ1) is 12.2. The first kappa shape index (κ1) is 17.2. The van der Waals surface area contributed by atoms with E-state index in [1.165, 1.54) is 0 Å². The summed E-state index contributed by atoms with van der Waals surface area (Å²) in [5.74, 6) is 1.49. The van der Waals surface area contributed by atoms with E-state index in [2.05, 4.69) is 31.4 Å². The van der Waals surface area contributed by atoms with Gasteiger partial charge in [-0.2, -0.15) is 4.98 Å². The van der Waals surface area contributed by atoms with Crippen LogP contribution in [0.4, 0.5) is 5.69 Å². The van der Waals surface area contributed by atoms with Crippen molar-refractivity contribution in [3.8, 4) is 17.1 Å². The second-order valence-corrected chi connectivity index (χ2v) is 6.13. The molecule has 0 aliphatic heterocycles. The van der Waals surface area contributed by atoms with E-state index in [-0.39, 0.29) is 12.3 Å². The third kappa shape index (κ3) is 4.45. The molecule has 1 aromatic heterocycles. The molecule has 7 heteroatoms. The van der Waals surface area contributed by atoms with E-state index in [1.54, 1.807) is 7.11 Å². The number of hydrogen-bond acceptors (Lipinski definition) is 5. The number of carbonyl (C=O) groups excluding carboxylic acids is 1. The molecule has 0 radical (unpaired) electrons. The Hall–Kier alpha value is -2.67. The van der Waals surface area contributed by atoms with Crippen LogP contribution in [0.1, 0.15) is 12.3 Å². The first-order valence-electron chi connectivity index (χ1n) is 7.67. The molecule has 0 saturated heterocycles. The fraction of sp³-hybridized carbons (Fsp3) is 0.167. The summed E-state index contributed by atoms with van der Waals surface area (Å²) in [5.41, 5.74) is 1.53. The average molecular weight is 402 g/mol. The minimum atomic E-state index is -0.118. The lowest BCUT2D eigenvalue weighted by molar-refractivity contribution is -0.116. The molecule has 0 unspecified atom stereocenters. The van der Waals surface area contributed by atoms with E-state index in [1.807, 2.05) is 48.5 Å². The molecule has 0 bridgehead atoms. The van der Waals surface area contributed by atoms with Crippen LogP contribution < -0.4 is 10.1 Å². The van der Waals surface area contributed by atoms with Crippen molar-refractivity contribution in [2.75, 3.05) is 12.4 Å². The summed E-state index contributed by atoms with van der Waals surface area (Å²) in [6.45, 7) is 0. The number of carbonyl (C=O) groups is 1. The molecule has 2 aromatic carbocycles. The van der Waals surface area contributed by atoms with Gasteiger partial charge in [-0.1, -0.05) is 29.4 Å². The molecule has 0 aliphatic rings. The number of benzene rings is 2. The Morgan fingerprint density at radius 1 is 1.24 bits per heavy atom. The van der Waals surface area contributed by atoms with E-state index < -0.39 is 0 Å². The fourth-order valence-corrected chi connectivity index (χ4v) is 2.62. The highest BCUT2D eigenvalue weighted by molar-refractivity contribution is 9.10. The van der Waals surface area contributed by atoms with E-state index in [4.69, 9.17) is 9.26 Å². The van der Waals surface area contributed by atoms with Gasteiger partial charge >= 0.3 is 0 Å². The largest absolute Gasteiger partial charge is 0.497 e. The number of rotatable bonds is 6. The number of anilines is 1. The lowest BCUT2D eigenvalue weighted by Gasteiger charge is -2.05. The number of methoxy groups -OCH3 is 1. The first-order valence-corrected chi connectivity index (χ1v) is 8.46. The maximum atomic E-state index is 12.1. The van der Waals surface area contributed by atoms with Crippen LogP contribution in [0, 0.1) is 0 Å². The summed E-state index contributed by atoms with van der Waals surface area (Å²) in [6.07, 6.45) is 0.619. The lowest BCUT2D eigenvalue weighted by Crippen LogP contribution is -2.12. The molecule has 1 amide bonds. The SMILES string of the molecule is COc1cccc(-c2noc(CCC(=O)Nc3ccccc3Br)n2)c1. The number of halogens is 1. The molecule has 3 rings (SSSR count). The quantitative estimate of drug-likeness (QED) is 0.673. The van der Waals surface area contributed by atoms with Gasteiger partial charge in [0, 0.05) is 22.9 Å². The number of aromatic nitrogens is 2. The molecule has 0 spiro atoms. The molecule has 25 heavy (non-hydrogen) atoms. The minimum Gasteiger partial charge on any atom is -0.497 e. The Labute approximate surface area is 153 Å². The normalized spacial score (nSPS) is 10.5. The number of aryl methyl sites for hydroxylation is 1. The molecule has 128 valence electrons. The number of ether oxygens (including phenoxy) is 1. The monoisotopic (exact) mass is 401 g/mol. The van der Waals surface area contributed by atoms with Crippen LogP contribution in [0.3, 0.4) is 0 Å². The van der Waals surface area contributed by atoms with Crippen LogP contribution in [-0.2, 0) is 11.2 Å². The summed E-state index contributed by atoms with van der Waals surface area (Å²) < 4.78 is 11.2. The van der Waals surface area contributed by atoms with Crippen LogP contribution in [-0.4, -0.2) is 23.2 Å². The molecule has 6 nitrogen and oxygen atoms in total. The van der Waals surface area contributed by atoms with E-state index in [9.17, 15) is 4.79 Å². The van der Waals surface area contributed by atoms with Crippen LogP contribution >= 0.6 is 15.9 Å². The lowest BCUT2D eigenvalue weighted by atomic mass is 10.2. The zero-order chi connectivity index (χ0) is 17.6. The molecule has 0 aliphatic carbocycles. The highest BCUT2D eigenvalue weighted by Crippen LogP contribution is 2.23. The van der Waals surface area contributed by atoms with E-state index in [0.29, 0.717) is 18.1 Å². The number of nitrogens with zero attached hydrogens (tertiary/aromatic N) is 2. The number of amides is 1. The van der Waals surface area contributed by atoms with Crippen LogP contribution in [0.25, 0.3) is 11.4 Å². The maximum absolute atomic E-state index is 12.1. The molecule has 0 saturated carbocycles. The van der Waals surface area contributed by atoms with Gasteiger partial charge in [0.1, 0.15) is 5.75 Å². The second-order valence-electron chi connectivity index (χ2n) is 5.27. The third-order valence-electron chi connectivity index (χ3n) is 3.51. The van der Waals surface area contributed by atoms with Crippen molar-refractivity contribution >= 4 is 27.5 Å². The topological polar surface area (TPSA) is 77.2 Å². The Balaban J connectivity index is 1.60. The summed E-state index contributed by atoms with van der Waals surface area (Å²) in [6, 6.07) is 14.8. The van der Waals surface area contributed by atoms with Gasteiger partial charge in [-0.25, -0.2) is 0 Å². The van der Waals surface area contributed by atoms with Gasteiger partial charge in [0.05, 0.1) is 12.8 Å². The highest BCUT2D eigenvalue weighted by Gasteiger charge is 2.12. The summed E-state index contributed by atoms with van der Waals surface area (Å²) in [7, 11) is 1.60. The second kappa shape index (κ2) is 7.94.